The van der Waals surface area contributed by atoms with Gasteiger partial charge in [0.25, 0.3) is 0 Å². The van der Waals surface area contributed by atoms with E-state index in [4.69, 9.17) is 0 Å². The summed E-state index contributed by atoms with van der Waals surface area (Å²) >= 11 is 2.48. The molecule has 0 saturated heterocycles. The fourth-order valence-corrected chi connectivity index (χ4v) is 9.01. The molecule has 5 aromatic rings. The second-order valence-electron chi connectivity index (χ2n) is 22.8. The number of phenols is 4. The minimum atomic E-state index is -0.230. The van der Waals surface area contributed by atoms with E-state index < -0.39 is 0 Å². The highest BCUT2D eigenvalue weighted by molar-refractivity contribution is 14.1. The Morgan fingerprint density at radius 3 is 0.567 bits per heavy atom. The van der Waals surface area contributed by atoms with Crippen LogP contribution in [0.25, 0.3) is 0 Å². The second kappa shape index (κ2) is 15.7. The van der Waals surface area contributed by atoms with E-state index in [2.05, 4.69) is 187 Å². The molecule has 6 rings (SSSR count). The molecule has 5 heteroatoms. The van der Waals surface area contributed by atoms with Gasteiger partial charge in [0.15, 0.2) is 0 Å². The second-order valence-corrected chi connectivity index (χ2v) is 23.9. The molecule has 0 heterocycles. The average Bonchev–Trinajstić information content (AvgIpc) is 3.09. The van der Waals surface area contributed by atoms with E-state index >= 15 is 0 Å². The van der Waals surface area contributed by atoms with Gasteiger partial charge in [-0.25, -0.2) is 0 Å². The summed E-state index contributed by atoms with van der Waals surface area (Å²) < 4.78 is 1.11. The molecule has 0 aromatic heterocycles. The third kappa shape index (κ3) is 9.57. The quantitative estimate of drug-likeness (QED) is 0.114. The van der Waals surface area contributed by atoms with Gasteiger partial charge in [0, 0.05) is 35.7 Å². The highest BCUT2D eigenvalue weighted by atomic mass is 127. The molecule has 0 radical (unpaired) electrons. The first-order chi connectivity index (χ1) is 27.4. The normalized spacial score (nSPS) is 14.3. The Morgan fingerprint density at radius 2 is 0.417 bits per heavy atom. The van der Waals surface area contributed by atoms with Crippen molar-refractivity contribution in [3.05, 3.63) is 148 Å². The van der Waals surface area contributed by atoms with Gasteiger partial charge in [-0.05, 0) is 133 Å². The molecule has 0 atom stereocenters. The van der Waals surface area contributed by atoms with E-state index in [1.54, 1.807) is 0 Å². The van der Waals surface area contributed by atoms with Crippen LogP contribution in [0.3, 0.4) is 0 Å². The molecular formula is C55H69IO4. The van der Waals surface area contributed by atoms with Gasteiger partial charge in [-0.1, -0.05) is 165 Å². The number of benzene rings is 5. The lowest BCUT2D eigenvalue weighted by atomic mass is 9.79. The molecule has 60 heavy (non-hydrogen) atoms. The number of hydrogen-bond acceptors (Lipinski definition) is 4. The largest absolute Gasteiger partial charge is 0.507 e. The topological polar surface area (TPSA) is 80.9 Å². The lowest BCUT2D eigenvalue weighted by molar-refractivity contribution is 0.451. The van der Waals surface area contributed by atoms with Crippen LogP contribution in [0.1, 0.15) is 187 Å². The predicted octanol–water partition coefficient (Wildman–Crippen LogP) is 13.9. The van der Waals surface area contributed by atoms with Crippen LogP contribution in [0.4, 0.5) is 0 Å². The maximum absolute atomic E-state index is 12.3. The smallest absolute Gasteiger partial charge is 0.122 e. The summed E-state index contributed by atoms with van der Waals surface area (Å²) in [5.74, 6) is 0.856. The zero-order chi connectivity index (χ0) is 44.7. The monoisotopic (exact) mass is 920 g/mol. The molecule has 0 spiro atoms. The molecule has 4 N–H and O–H groups in total. The van der Waals surface area contributed by atoms with Crippen molar-refractivity contribution in [2.45, 2.75) is 163 Å². The van der Waals surface area contributed by atoms with Crippen LogP contribution in [0.5, 0.6) is 23.0 Å². The van der Waals surface area contributed by atoms with Crippen molar-refractivity contribution >= 4 is 22.6 Å². The highest BCUT2D eigenvalue weighted by Crippen LogP contribution is 2.43. The van der Waals surface area contributed by atoms with Crippen LogP contribution >= 0.6 is 22.6 Å². The molecule has 10 bridgehead atoms. The Morgan fingerprint density at radius 1 is 0.283 bits per heavy atom. The van der Waals surface area contributed by atoms with Crippen molar-refractivity contribution in [2.75, 3.05) is 0 Å². The predicted molar refractivity (Wildman–Crippen MR) is 259 cm³/mol. The van der Waals surface area contributed by atoms with Crippen LogP contribution in [0, 0.1) is 3.57 Å². The van der Waals surface area contributed by atoms with Crippen LogP contribution < -0.4 is 0 Å². The maximum atomic E-state index is 12.3. The van der Waals surface area contributed by atoms with E-state index in [-0.39, 0.29) is 50.1 Å². The molecule has 320 valence electrons. The van der Waals surface area contributed by atoms with Gasteiger partial charge in [0.05, 0.1) is 0 Å². The number of hydrogen-bond donors (Lipinski definition) is 4. The molecule has 1 aliphatic carbocycles. The Bertz CT molecular complexity index is 1950. The maximum Gasteiger partial charge on any atom is 0.122 e. The summed E-state index contributed by atoms with van der Waals surface area (Å²) in [7, 11) is 0. The summed E-state index contributed by atoms with van der Waals surface area (Å²) in [5.41, 5.74) is 13.0. The summed E-state index contributed by atoms with van der Waals surface area (Å²) in [5, 5.41) is 49.2. The van der Waals surface area contributed by atoms with Crippen LogP contribution in [0.2, 0.25) is 0 Å². The molecule has 0 aliphatic heterocycles. The lowest BCUT2D eigenvalue weighted by Gasteiger charge is -2.27. The minimum absolute atomic E-state index is 0.150. The van der Waals surface area contributed by atoms with E-state index in [1.807, 2.05) is 0 Å². The van der Waals surface area contributed by atoms with Crippen molar-refractivity contribution in [2.24, 2.45) is 0 Å². The summed E-state index contributed by atoms with van der Waals surface area (Å²) in [6, 6.07) is 21.5. The zero-order valence-corrected chi connectivity index (χ0v) is 41.1. The average molecular weight is 921 g/mol. The molecule has 4 nitrogen and oxygen atoms in total. The first-order valence-electron chi connectivity index (χ1n) is 21.6. The number of fused-ring (bicyclic) bond motifs is 10. The highest BCUT2D eigenvalue weighted by Gasteiger charge is 2.28. The number of halogens is 1. The number of rotatable bonds is 0. The summed E-state index contributed by atoms with van der Waals surface area (Å²) in [6.07, 6.45) is 2.06. The van der Waals surface area contributed by atoms with E-state index in [9.17, 15) is 20.4 Å². The van der Waals surface area contributed by atoms with Gasteiger partial charge in [-0.3, -0.25) is 0 Å². The van der Waals surface area contributed by atoms with Gasteiger partial charge in [-0.15, -0.1) is 0 Å². The van der Waals surface area contributed by atoms with Gasteiger partial charge in [0.2, 0.25) is 0 Å². The van der Waals surface area contributed by atoms with E-state index in [0.717, 1.165) is 81.5 Å². The first-order valence-corrected chi connectivity index (χ1v) is 22.7. The van der Waals surface area contributed by atoms with Crippen LogP contribution in [0.15, 0.2) is 60.7 Å². The molecule has 0 saturated carbocycles. The molecule has 0 amide bonds. The number of aromatic hydroxyl groups is 4. The van der Waals surface area contributed by atoms with Crippen molar-refractivity contribution in [1.29, 1.82) is 0 Å². The molecular weight excluding hydrogens is 852 g/mol. The van der Waals surface area contributed by atoms with Gasteiger partial charge in [-0.2, -0.15) is 0 Å². The lowest BCUT2D eigenvalue weighted by Crippen LogP contribution is -2.16. The van der Waals surface area contributed by atoms with Crippen molar-refractivity contribution < 1.29 is 20.4 Å². The minimum Gasteiger partial charge on any atom is -0.507 e. The fraction of sp³-hybridized carbons (Fsp3) is 0.455. The number of phenolic OH excluding ortho intramolecular Hbond substituents is 4. The van der Waals surface area contributed by atoms with E-state index in [0.29, 0.717) is 32.1 Å². The third-order valence-electron chi connectivity index (χ3n) is 12.5. The van der Waals surface area contributed by atoms with Crippen molar-refractivity contribution in [1.82, 2.24) is 0 Å². The third-order valence-corrected chi connectivity index (χ3v) is 13.9. The summed E-state index contributed by atoms with van der Waals surface area (Å²) in [6.45, 7) is 33.0. The van der Waals surface area contributed by atoms with Crippen LogP contribution in [-0.4, -0.2) is 20.4 Å². The Kier molecular flexibility index (Phi) is 11.9. The standard InChI is InChI=1S/C55H69IO4/c1-51(2,3)41-21-31-16-33-23-42(52(4,5)6)25-35(47(33)57)18-37-27-44(54(10,11)12)29-39(49(37)59)20-40-30-45(55(13,14)15)28-38(50(40)60)19-36-26-43(53(7,8)9)24-34(48(36)58)17-32(22-41)46(31)56/h21-30,57-60H,16-20H2,1-15H3. The van der Waals surface area contributed by atoms with Crippen molar-refractivity contribution in [3.63, 3.8) is 0 Å². The molecule has 0 unspecified atom stereocenters. The molecule has 1 aliphatic rings. The van der Waals surface area contributed by atoms with Gasteiger partial charge < -0.3 is 20.4 Å². The molecule has 5 aromatic carbocycles. The van der Waals surface area contributed by atoms with E-state index in [1.165, 1.54) is 5.56 Å². The van der Waals surface area contributed by atoms with Gasteiger partial charge in [0.1, 0.15) is 23.0 Å². The van der Waals surface area contributed by atoms with Gasteiger partial charge >= 0.3 is 0 Å². The zero-order valence-electron chi connectivity index (χ0n) is 39.0. The Hall–Kier alpha value is -3.97. The fourth-order valence-electron chi connectivity index (χ4n) is 8.32. The Balaban J connectivity index is 1.74. The van der Waals surface area contributed by atoms with Crippen molar-refractivity contribution in [3.8, 4) is 23.0 Å². The summed E-state index contributed by atoms with van der Waals surface area (Å²) in [4.78, 5) is 0. The Labute approximate surface area is 374 Å². The molecule has 0 fully saturated rings. The SMILES string of the molecule is CC(C)(C)c1cc2c(O)c(c1)Cc1cc(C(C)(C)C)cc(c1O)Cc1cc(C(C)(C)C)cc(c1I)Cc1cc(C(C)(C)C)cc(c1O)Cc1cc(C(C)(C)C)cc(c1O)C2. The van der Waals surface area contributed by atoms with Crippen LogP contribution in [-0.2, 0) is 59.2 Å². The first kappa shape index (κ1) is 45.6.